The van der Waals surface area contributed by atoms with Crippen LogP contribution in [-0.2, 0) is 14.3 Å². The van der Waals surface area contributed by atoms with Gasteiger partial charge in [0.2, 0.25) is 5.91 Å². The van der Waals surface area contributed by atoms with Crippen LogP contribution >= 0.6 is 0 Å². The van der Waals surface area contributed by atoms with Gasteiger partial charge in [-0.2, -0.15) is 0 Å². The Bertz CT molecular complexity index is 440. The number of amides is 1. The number of hydrogen-bond acceptors (Lipinski definition) is 4. The lowest BCUT2D eigenvalue weighted by Gasteiger charge is -2.08. The fourth-order valence-electron chi connectivity index (χ4n) is 1.51. The molecule has 0 heterocycles. The molecule has 0 aliphatic rings. The molecule has 1 amide bonds. The predicted molar refractivity (Wildman–Crippen MR) is 76.7 cm³/mol. The van der Waals surface area contributed by atoms with E-state index in [1.54, 1.807) is 24.3 Å². The molecule has 0 bridgehead atoms. The van der Waals surface area contributed by atoms with Gasteiger partial charge in [-0.3, -0.25) is 4.79 Å². The van der Waals surface area contributed by atoms with Crippen molar-refractivity contribution in [3.8, 4) is 0 Å². The van der Waals surface area contributed by atoms with Crippen LogP contribution in [0.1, 0.15) is 30.6 Å². The van der Waals surface area contributed by atoms with Crippen molar-refractivity contribution in [2.24, 2.45) is 5.92 Å². The number of rotatable bonds is 7. The van der Waals surface area contributed by atoms with Crippen LogP contribution in [0.3, 0.4) is 0 Å². The highest BCUT2D eigenvalue weighted by atomic mass is 16.5. The summed E-state index contributed by atoms with van der Waals surface area (Å²) in [4.78, 5) is 22.9. The first-order valence-corrected chi connectivity index (χ1v) is 6.59. The largest absolute Gasteiger partial charge is 0.465 e. The summed E-state index contributed by atoms with van der Waals surface area (Å²) >= 11 is 0. The Morgan fingerprint density at radius 3 is 2.40 bits per heavy atom. The van der Waals surface area contributed by atoms with E-state index in [-0.39, 0.29) is 5.91 Å². The van der Waals surface area contributed by atoms with Gasteiger partial charge in [-0.1, -0.05) is 13.8 Å². The van der Waals surface area contributed by atoms with E-state index in [0.29, 0.717) is 36.8 Å². The van der Waals surface area contributed by atoms with E-state index in [2.05, 4.69) is 23.9 Å². The van der Waals surface area contributed by atoms with Crippen LogP contribution in [0.5, 0.6) is 0 Å². The van der Waals surface area contributed by atoms with Crippen molar-refractivity contribution in [3.05, 3.63) is 29.8 Å². The highest BCUT2D eigenvalue weighted by Crippen LogP contribution is 2.10. The summed E-state index contributed by atoms with van der Waals surface area (Å²) in [6, 6.07) is 6.55. The van der Waals surface area contributed by atoms with Crippen molar-refractivity contribution >= 4 is 17.6 Å². The highest BCUT2D eigenvalue weighted by molar-refractivity contribution is 5.93. The minimum Gasteiger partial charge on any atom is -0.465 e. The molecule has 1 aromatic carbocycles. The average molecular weight is 279 g/mol. The summed E-state index contributed by atoms with van der Waals surface area (Å²) in [7, 11) is 1.33. The molecule has 0 fully saturated rings. The van der Waals surface area contributed by atoms with Gasteiger partial charge in [-0.25, -0.2) is 4.79 Å². The van der Waals surface area contributed by atoms with Crippen LogP contribution in [0.2, 0.25) is 0 Å². The molecule has 1 aromatic rings. The van der Waals surface area contributed by atoms with Crippen molar-refractivity contribution in [2.45, 2.75) is 20.3 Å². The summed E-state index contributed by atoms with van der Waals surface area (Å²) in [6.07, 6.45) is 0.311. The molecule has 0 saturated heterocycles. The zero-order chi connectivity index (χ0) is 15.0. The zero-order valence-corrected chi connectivity index (χ0v) is 12.1. The maximum atomic E-state index is 11.6. The third kappa shape index (κ3) is 5.84. The molecule has 0 radical (unpaired) electrons. The van der Waals surface area contributed by atoms with Gasteiger partial charge < -0.3 is 14.8 Å². The summed E-state index contributed by atoms with van der Waals surface area (Å²) < 4.78 is 9.95. The summed E-state index contributed by atoms with van der Waals surface area (Å²) in [5.41, 5.74) is 1.09. The molecular weight excluding hydrogens is 258 g/mol. The molecule has 0 aliphatic heterocycles. The Hall–Kier alpha value is -1.88. The van der Waals surface area contributed by atoms with E-state index < -0.39 is 5.97 Å². The van der Waals surface area contributed by atoms with Gasteiger partial charge in [0.25, 0.3) is 0 Å². The van der Waals surface area contributed by atoms with Gasteiger partial charge in [0.1, 0.15) is 0 Å². The molecular formula is C15H21NO4. The number of anilines is 1. The fraction of sp³-hybridized carbons (Fsp3) is 0.467. The van der Waals surface area contributed by atoms with E-state index in [9.17, 15) is 9.59 Å². The van der Waals surface area contributed by atoms with Crippen molar-refractivity contribution in [3.63, 3.8) is 0 Å². The quantitative estimate of drug-likeness (QED) is 0.615. The SMILES string of the molecule is COC(=O)c1ccc(NC(=O)CCOCC(C)C)cc1. The molecule has 0 atom stereocenters. The second-order valence-corrected chi connectivity index (χ2v) is 4.84. The number of esters is 1. The van der Waals surface area contributed by atoms with Crippen LogP contribution in [0.25, 0.3) is 0 Å². The maximum absolute atomic E-state index is 11.6. The first-order chi connectivity index (χ1) is 9.52. The summed E-state index contributed by atoms with van der Waals surface area (Å²) in [5.74, 6) is -0.0477. The first kappa shape index (κ1) is 16.2. The molecule has 1 N–H and O–H groups in total. The maximum Gasteiger partial charge on any atom is 0.337 e. The van der Waals surface area contributed by atoms with E-state index in [1.165, 1.54) is 7.11 Å². The normalized spacial score (nSPS) is 10.4. The number of nitrogens with one attached hydrogen (secondary N) is 1. The average Bonchev–Trinajstić information content (AvgIpc) is 2.43. The lowest BCUT2D eigenvalue weighted by atomic mass is 10.2. The highest BCUT2D eigenvalue weighted by Gasteiger charge is 2.06. The molecule has 0 unspecified atom stereocenters. The van der Waals surface area contributed by atoms with Gasteiger partial charge in [0.15, 0.2) is 0 Å². The van der Waals surface area contributed by atoms with Gasteiger partial charge >= 0.3 is 5.97 Å². The number of benzene rings is 1. The van der Waals surface area contributed by atoms with E-state index in [0.717, 1.165) is 0 Å². The molecule has 5 nitrogen and oxygen atoms in total. The monoisotopic (exact) mass is 279 g/mol. The Morgan fingerprint density at radius 1 is 1.20 bits per heavy atom. The van der Waals surface area contributed by atoms with Crippen LogP contribution in [0.15, 0.2) is 24.3 Å². The smallest absolute Gasteiger partial charge is 0.337 e. The van der Waals surface area contributed by atoms with Gasteiger partial charge in [-0.15, -0.1) is 0 Å². The molecule has 0 aromatic heterocycles. The Labute approximate surface area is 119 Å². The molecule has 20 heavy (non-hydrogen) atoms. The molecule has 0 spiro atoms. The van der Waals surface area contributed by atoms with Crippen molar-refractivity contribution in [2.75, 3.05) is 25.6 Å². The number of carbonyl (C=O) groups excluding carboxylic acids is 2. The number of hydrogen-bond donors (Lipinski definition) is 1. The fourth-order valence-corrected chi connectivity index (χ4v) is 1.51. The van der Waals surface area contributed by atoms with Crippen LogP contribution in [-0.4, -0.2) is 32.2 Å². The Kier molecular flexibility index (Phi) is 6.73. The lowest BCUT2D eigenvalue weighted by Crippen LogP contribution is -2.15. The molecule has 5 heteroatoms. The van der Waals surface area contributed by atoms with E-state index in [1.807, 2.05) is 0 Å². The van der Waals surface area contributed by atoms with E-state index in [4.69, 9.17) is 4.74 Å². The Balaban J connectivity index is 2.36. The molecule has 0 aliphatic carbocycles. The minimum absolute atomic E-state index is 0.112. The van der Waals surface area contributed by atoms with Crippen LogP contribution in [0, 0.1) is 5.92 Å². The van der Waals surface area contributed by atoms with Crippen LogP contribution in [0.4, 0.5) is 5.69 Å². The molecule has 110 valence electrons. The topological polar surface area (TPSA) is 64.6 Å². The predicted octanol–water partition coefficient (Wildman–Crippen LogP) is 2.47. The second-order valence-electron chi connectivity index (χ2n) is 4.84. The number of ether oxygens (including phenoxy) is 2. The van der Waals surface area contributed by atoms with Crippen molar-refractivity contribution in [1.29, 1.82) is 0 Å². The molecule has 1 rings (SSSR count). The lowest BCUT2D eigenvalue weighted by molar-refractivity contribution is -0.117. The standard InChI is InChI=1S/C15H21NO4/c1-11(2)10-20-9-8-14(17)16-13-6-4-12(5-7-13)15(18)19-3/h4-7,11H,8-10H2,1-3H3,(H,16,17). The first-order valence-electron chi connectivity index (χ1n) is 6.59. The van der Waals surface area contributed by atoms with Gasteiger partial charge in [0.05, 0.1) is 25.7 Å². The summed E-state index contributed by atoms with van der Waals surface area (Å²) in [5, 5.41) is 2.74. The van der Waals surface area contributed by atoms with Gasteiger partial charge in [-0.05, 0) is 30.2 Å². The third-order valence-electron chi connectivity index (χ3n) is 2.51. The third-order valence-corrected chi connectivity index (χ3v) is 2.51. The molecule has 0 saturated carbocycles. The minimum atomic E-state index is -0.398. The summed E-state index contributed by atoms with van der Waals surface area (Å²) in [6.45, 7) is 5.18. The van der Waals surface area contributed by atoms with Crippen molar-refractivity contribution in [1.82, 2.24) is 0 Å². The van der Waals surface area contributed by atoms with E-state index >= 15 is 0 Å². The Morgan fingerprint density at radius 2 is 1.85 bits per heavy atom. The second kappa shape index (κ2) is 8.32. The van der Waals surface area contributed by atoms with Crippen molar-refractivity contribution < 1.29 is 19.1 Å². The zero-order valence-electron chi connectivity index (χ0n) is 12.1. The van der Waals surface area contributed by atoms with Crippen LogP contribution < -0.4 is 5.32 Å². The number of carbonyl (C=O) groups is 2. The van der Waals surface area contributed by atoms with Gasteiger partial charge in [0, 0.05) is 12.3 Å². The number of methoxy groups -OCH3 is 1.